The second-order valence-corrected chi connectivity index (χ2v) is 6.31. The number of nitrogens with one attached hydrogen (secondary N) is 2. The van der Waals surface area contributed by atoms with Crippen LogP contribution in [0.1, 0.15) is 39.0 Å². The van der Waals surface area contributed by atoms with E-state index in [9.17, 15) is 9.59 Å². The average Bonchev–Trinajstić information content (AvgIpc) is 3.08. The molecule has 1 saturated heterocycles. The zero-order valence-electron chi connectivity index (χ0n) is 14.6. The van der Waals surface area contributed by atoms with Crippen LogP contribution in [0.25, 0.3) is 0 Å². The van der Waals surface area contributed by atoms with Crippen LogP contribution in [-0.2, 0) is 9.59 Å². The van der Waals surface area contributed by atoms with Crippen molar-refractivity contribution in [3.8, 4) is 0 Å². The van der Waals surface area contributed by atoms with Crippen LogP contribution in [0.5, 0.6) is 0 Å². The number of allylic oxidation sites excluding steroid dienone is 1. The monoisotopic (exact) mass is 349 g/mol. The molecule has 0 radical (unpaired) electrons. The Kier molecular flexibility index (Phi) is 6.93. The Labute approximate surface area is 147 Å². The van der Waals surface area contributed by atoms with Gasteiger partial charge in [0.05, 0.1) is 6.54 Å². The molecule has 0 atom stereocenters. The van der Waals surface area contributed by atoms with Crippen LogP contribution in [0.4, 0.5) is 0 Å². The molecule has 2 aliphatic rings. The van der Waals surface area contributed by atoms with E-state index in [1.807, 2.05) is 0 Å². The summed E-state index contributed by atoms with van der Waals surface area (Å²) < 4.78 is 0. The lowest BCUT2D eigenvalue weighted by atomic mass is 10.0. The lowest BCUT2D eigenvalue weighted by molar-refractivity contribution is -0.128. The van der Waals surface area contributed by atoms with Gasteiger partial charge in [0.15, 0.2) is 5.78 Å². The van der Waals surface area contributed by atoms with Crippen LogP contribution in [-0.4, -0.2) is 54.3 Å². The van der Waals surface area contributed by atoms with E-state index < -0.39 is 0 Å². The molecule has 6 N–H and O–H groups in total. The number of likely N-dealkylation sites (tertiary alicyclic amines) is 1. The van der Waals surface area contributed by atoms with Crippen molar-refractivity contribution in [3.05, 3.63) is 11.3 Å². The number of nitrogens with zero attached hydrogens (tertiary/aromatic N) is 3. The largest absolute Gasteiger partial charge is 0.394 e. The fourth-order valence-electron chi connectivity index (χ4n) is 3.09. The second-order valence-electron chi connectivity index (χ2n) is 6.31. The summed E-state index contributed by atoms with van der Waals surface area (Å²) in [5, 5.41) is 3.69. The Morgan fingerprint density at radius 1 is 1.32 bits per heavy atom. The van der Waals surface area contributed by atoms with Crippen LogP contribution in [0.3, 0.4) is 0 Å². The number of hydrazine groups is 1. The summed E-state index contributed by atoms with van der Waals surface area (Å²) in [5.41, 5.74) is 18.9. The molecule has 1 aliphatic heterocycles. The molecule has 1 aliphatic carbocycles. The van der Waals surface area contributed by atoms with Gasteiger partial charge in [0.2, 0.25) is 0 Å². The summed E-state index contributed by atoms with van der Waals surface area (Å²) in [6.45, 7) is 2.90. The van der Waals surface area contributed by atoms with Crippen molar-refractivity contribution >= 4 is 23.7 Å². The number of amides is 1. The Morgan fingerprint density at radius 3 is 2.68 bits per heavy atom. The van der Waals surface area contributed by atoms with Gasteiger partial charge < -0.3 is 16.4 Å². The van der Waals surface area contributed by atoms with Crippen molar-refractivity contribution in [2.45, 2.75) is 45.1 Å². The van der Waals surface area contributed by atoms with E-state index >= 15 is 0 Å². The van der Waals surface area contributed by atoms with Gasteiger partial charge in [-0.25, -0.2) is 11.0 Å². The van der Waals surface area contributed by atoms with Gasteiger partial charge in [-0.3, -0.25) is 14.6 Å². The van der Waals surface area contributed by atoms with Gasteiger partial charge >= 0.3 is 0 Å². The zero-order valence-corrected chi connectivity index (χ0v) is 14.6. The lowest BCUT2D eigenvalue weighted by Crippen LogP contribution is -2.49. The number of Topliss-reactive ketones (excluding diaryl/α,β-unsaturated/α-hetero) is 1. The molecule has 2 rings (SSSR count). The summed E-state index contributed by atoms with van der Waals surface area (Å²) in [4.78, 5) is 29.9. The van der Waals surface area contributed by atoms with Gasteiger partial charge in [0.1, 0.15) is 12.0 Å². The molecule has 138 valence electrons. The van der Waals surface area contributed by atoms with Gasteiger partial charge in [0, 0.05) is 30.4 Å². The molecule has 0 unspecified atom stereocenters. The van der Waals surface area contributed by atoms with Crippen molar-refractivity contribution in [1.29, 1.82) is 0 Å². The minimum atomic E-state index is -0.140. The molecule has 0 aromatic heterocycles. The Bertz CT molecular complexity index is 589. The molecule has 0 aromatic rings. The fourth-order valence-corrected chi connectivity index (χ4v) is 3.09. The second kappa shape index (κ2) is 9.16. The van der Waals surface area contributed by atoms with Crippen molar-refractivity contribution in [2.24, 2.45) is 21.6 Å². The number of aliphatic imine (C=N–C) groups is 1. The fraction of sp³-hybridized carbons (Fsp3) is 0.625. The molecule has 9 heteroatoms. The molecule has 0 spiro atoms. The highest BCUT2D eigenvalue weighted by Crippen LogP contribution is 2.25. The predicted octanol–water partition coefficient (Wildman–Crippen LogP) is -0.600. The van der Waals surface area contributed by atoms with Gasteiger partial charge in [-0.15, -0.1) is 0 Å². The predicted molar refractivity (Wildman–Crippen MR) is 96.6 cm³/mol. The first-order valence-electron chi connectivity index (χ1n) is 8.57. The highest BCUT2D eigenvalue weighted by molar-refractivity contribution is 6.09. The van der Waals surface area contributed by atoms with E-state index in [2.05, 4.69) is 21.1 Å². The molecular formula is C16H27N7O2. The number of carbonyl (C=O) groups is 2. The minimum Gasteiger partial charge on any atom is -0.394 e. The number of ketones is 1. The van der Waals surface area contributed by atoms with Crippen molar-refractivity contribution in [3.63, 3.8) is 0 Å². The molecule has 1 heterocycles. The lowest BCUT2D eigenvalue weighted by Gasteiger charge is -2.32. The Balaban J connectivity index is 1.95. The normalized spacial score (nSPS) is 22.6. The van der Waals surface area contributed by atoms with Gasteiger partial charge in [-0.2, -0.15) is 5.10 Å². The molecule has 1 saturated carbocycles. The topological polar surface area (TPSA) is 138 Å². The molecule has 2 fully saturated rings. The van der Waals surface area contributed by atoms with E-state index in [1.54, 1.807) is 4.90 Å². The average molecular weight is 349 g/mol. The molecule has 9 nitrogen and oxygen atoms in total. The third-order valence-corrected chi connectivity index (χ3v) is 4.43. The summed E-state index contributed by atoms with van der Waals surface area (Å²) in [5.74, 6) is -0.135. The van der Waals surface area contributed by atoms with E-state index in [-0.39, 0.29) is 30.0 Å². The summed E-state index contributed by atoms with van der Waals surface area (Å²) in [6, 6.07) is 0.223. The first-order valence-corrected chi connectivity index (χ1v) is 8.57. The summed E-state index contributed by atoms with van der Waals surface area (Å²) in [6.07, 6.45) is 5.20. The number of rotatable bonds is 6. The maximum Gasteiger partial charge on any atom is 0.270 e. The zero-order chi connectivity index (χ0) is 18.2. The first-order chi connectivity index (χ1) is 12.0. The standard InChI is InChI=1S/C16H27N7O2/c1-11(24)9-19-14-4-2-3-13(14)15(18)16(25)23-7-5-12(6-8-23)21-22-20-10-17/h10,12,21-22H,2-9,18H2,1H3,(H2,17,20)/b15-13-,19-14?. The van der Waals surface area contributed by atoms with Crippen LogP contribution < -0.4 is 22.4 Å². The van der Waals surface area contributed by atoms with Crippen molar-refractivity contribution in [2.75, 3.05) is 19.6 Å². The Hall–Kier alpha value is -2.42. The highest BCUT2D eigenvalue weighted by atomic mass is 16.2. The smallest absolute Gasteiger partial charge is 0.270 e. The molecule has 0 bridgehead atoms. The van der Waals surface area contributed by atoms with E-state index in [0.29, 0.717) is 13.1 Å². The van der Waals surface area contributed by atoms with Crippen LogP contribution >= 0.6 is 0 Å². The molecule has 1 amide bonds. The third kappa shape index (κ3) is 5.28. The van der Waals surface area contributed by atoms with Gasteiger partial charge in [-0.05, 0) is 39.0 Å². The third-order valence-electron chi connectivity index (χ3n) is 4.43. The SMILES string of the molecule is CC(=O)CN=C1CCC/C1=C(/N)C(=O)N1CCC(NN/N=C\N)CC1. The molecule has 0 aromatic carbocycles. The van der Waals surface area contributed by atoms with Crippen LogP contribution in [0, 0.1) is 0 Å². The van der Waals surface area contributed by atoms with Crippen LogP contribution in [0.2, 0.25) is 0 Å². The minimum absolute atomic E-state index is 0.00537. The number of piperidine rings is 1. The highest BCUT2D eigenvalue weighted by Gasteiger charge is 2.27. The summed E-state index contributed by atoms with van der Waals surface area (Å²) >= 11 is 0. The number of carbonyl (C=O) groups excluding carboxylic acids is 2. The maximum atomic E-state index is 12.7. The van der Waals surface area contributed by atoms with E-state index in [4.69, 9.17) is 11.5 Å². The van der Waals surface area contributed by atoms with Crippen molar-refractivity contribution < 1.29 is 9.59 Å². The first kappa shape index (κ1) is 18.9. The Morgan fingerprint density at radius 2 is 2.04 bits per heavy atom. The summed E-state index contributed by atoms with van der Waals surface area (Å²) in [7, 11) is 0. The quantitative estimate of drug-likeness (QED) is 0.219. The van der Waals surface area contributed by atoms with E-state index in [1.165, 1.54) is 13.3 Å². The van der Waals surface area contributed by atoms with Crippen LogP contribution in [0.15, 0.2) is 21.4 Å². The maximum absolute atomic E-state index is 12.7. The molecule has 25 heavy (non-hydrogen) atoms. The van der Waals surface area contributed by atoms with Crippen molar-refractivity contribution in [1.82, 2.24) is 15.9 Å². The van der Waals surface area contributed by atoms with E-state index in [0.717, 1.165) is 43.4 Å². The number of nitrogens with two attached hydrogens (primary N) is 2. The van der Waals surface area contributed by atoms with Gasteiger partial charge in [0.25, 0.3) is 5.91 Å². The number of hydrazone groups is 1. The number of hydrogen-bond donors (Lipinski definition) is 4. The number of hydrogen-bond acceptors (Lipinski definition) is 7. The van der Waals surface area contributed by atoms with Gasteiger partial charge in [-0.1, -0.05) is 0 Å². The molecular weight excluding hydrogens is 322 g/mol.